The Morgan fingerprint density at radius 2 is 2.31 bits per heavy atom. The number of rotatable bonds is 2. The van der Waals surface area contributed by atoms with Gasteiger partial charge < -0.3 is 4.98 Å². The zero-order chi connectivity index (χ0) is 9.26. The summed E-state index contributed by atoms with van der Waals surface area (Å²) in [6.45, 7) is 2.06. The van der Waals surface area contributed by atoms with Gasteiger partial charge in [0.1, 0.15) is 22.7 Å². The van der Waals surface area contributed by atoms with Crippen molar-refractivity contribution in [3.05, 3.63) is 12.2 Å². The Labute approximate surface area is 80.2 Å². The number of imidazole rings is 1. The van der Waals surface area contributed by atoms with Crippen molar-refractivity contribution in [1.29, 1.82) is 0 Å². The molecule has 0 atom stereocenters. The molecule has 0 unspecified atom stereocenters. The van der Waals surface area contributed by atoms with Crippen molar-refractivity contribution in [3.63, 3.8) is 0 Å². The lowest BCUT2D eigenvalue weighted by Crippen LogP contribution is -1.83. The molecular weight excluding hydrogens is 184 g/mol. The molecule has 4 nitrogen and oxygen atoms in total. The maximum atomic E-state index is 4.32. The molecule has 0 amide bonds. The predicted molar refractivity (Wildman–Crippen MR) is 52.8 cm³/mol. The van der Waals surface area contributed by atoms with E-state index in [0.717, 1.165) is 28.4 Å². The maximum Gasteiger partial charge on any atom is 0.181 e. The first-order valence-electron chi connectivity index (χ1n) is 4.08. The summed E-state index contributed by atoms with van der Waals surface area (Å²) in [4.78, 5) is 15.8. The molecule has 2 heterocycles. The highest BCUT2D eigenvalue weighted by molar-refractivity contribution is 7.98. The lowest BCUT2D eigenvalue weighted by Gasteiger charge is -1.93. The summed E-state index contributed by atoms with van der Waals surface area (Å²) in [5, 5.41) is 0.956. The van der Waals surface area contributed by atoms with Gasteiger partial charge in [-0.15, -0.1) is 11.8 Å². The van der Waals surface area contributed by atoms with Crippen molar-refractivity contribution in [2.45, 2.75) is 18.4 Å². The van der Waals surface area contributed by atoms with E-state index < -0.39 is 0 Å². The summed E-state index contributed by atoms with van der Waals surface area (Å²) in [7, 11) is 0. The summed E-state index contributed by atoms with van der Waals surface area (Å²) in [5.41, 5.74) is 1.71. The van der Waals surface area contributed by atoms with Crippen LogP contribution in [0.15, 0.2) is 11.4 Å². The number of nitrogens with one attached hydrogen (secondary N) is 1. The standard InChI is InChI=1S/C8H10N4S/c1-3-5-11-6-7(12-5)9-4-10-8(6)13-2/h4H,3H2,1-2H3,(H,9,10,11,12). The fraction of sp³-hybridized carbons (Fsp3) is 0.375. The van der Waals surface area contributed by atoms with E-state index in [0.29, 0.717) is 0 Å². The average Bonchev–Trinajstić information content (AvgIpc) is 2.59. The molecule has 0 spiro atoms. The SMILES string of the molecule is CCc1nc2ncnc(SC)c2[nH]1. The second kappa shape index (κ2) is 3.33. The van der Waals surface area contributed by atoms with Gasteiger partial charge in [0.05, 0.1) is 0 Å². The topological polar surface area (TPSA) is 54.5 Å². The van der Waals surface area contributed by atoms with Crippen LogP contribution in [0.3, 0.4) is 0 Å². The van der Waals surface area contributed by atoms with Gasteiger partial charge in [-0.2, -0.15) is 0 Å². The van der Waals surface area contributed by atoms with E-state index in [1.165, 1.54) is 0 Å². The molecule has 0 aliphatic rings. The number of hydrogen-bond donors (Lipinski definition) is 1. The number of hydrogen-bond acceptors (Lipinski definition) is 4. The van der Waals surface area contributed by atoms with E-state index in [1.807, 2.05) is 6.26 Å². The fourth-order valence-corrected chi connectivity index (χ4v) is 1.68. The molecule has 0 radical (unpaired) electrons. The number of thioether (sulfide) groups is 1. The molecule has 1 N–H and O–H groups in total. The van der Waals surface area contributed by atoms with Crippen LogP contribution < -0.4 is 0 Å². The van der Waals surface area contributed by atoms with Crippen molar-refractivity contribution in [1.82, 2.24) is 19.9 Å². The molecule has 13 heavy (non-hydrogen) atoms. The molecule has 0 aromatic carbocycles. The van der Waals surface area contributed by atoms with Crippen LogP contribution in [0.2, 0.25) is 0 Å². The molecule has 0 saturated heterocycles. The van der Waals surface area contributed by atoms with Gasteiger partial charge in [0.25, 0.3) is 0 Å². The van der Waals surface area contributed by atoms with E-state index >= 15 is 0 Å². The van der Waals surface area contributed by atoms with Gasteiger partial charge in [-0.3, -0.25) is 0 Å². The zero-order valence-electron chi connectivity index (χ0n) is 7.53. The average molecular weight is 194 g/mol. The molecule has 2 aromatic rings. The third-order valence-electron chi connectivity index (χ3n) is 1.83. The maximum absolute atomic E-state index is 4.32. The lowest BCUT2D eigenvalue weighted by atomic mass is 10.5. The minimum absolute atomic E-state index is 0.760. The highest BCUT2D eigenvalue weighted by atomic mass is 32.2. The first kappa shape index (κ1) is 8.50. The summed E-state index contributed by atoms with van der Waals surface area (Å²) in [5.74, 6) is 0.964. The largest absolute Gasteiger partial charge is 0.338 e. The molecule has 2 aromatic heterocycles. The van der Waals surface area contributed by atoms with Crippen LogP contribution in [-0.2, 0) is 6.42 Å². The third-order valence-corrected chi connectivity index (χ3v) is 2.53. The van der Waals surface area contributed by atoms with Crippen LogP contribution in [0, 0.1) is 0 Å². The number of nitrogens with zero attached hydrogens (tertiary/aromatic N) is 3. The van der Waals surface area contributed by atoms with E-state index in [9.17, 15) is 0 Å². The zero-order valence-corrected chi connectivity index (χ0v) is 8.35. The first-order valence-corrected chi connectivity index (χ1v) is 5.31. The Kier molecular flexibility index (Phi) is 2.18. The van der Waals surface area contributed by atoms with Gasteiger partial charge in [0.2, 0.25) is 0 Å². The van der Waals surface area contributed by atoms with Gasteiger partial charge in [-0.1, -0.05) is 6.92 Å². The van der Waals surface area contributed by atoms with Crippen LogP contribution in [0.5, 0.6) is 0 Å². The number of aromatic nitrogens is 4. The molecule has 0 aliphatic carbocycles. The lowest BCUT2D eigenvalue weighted by molar-refractivity contribution is 0.996. The summed E-state index contributed by atoms with van der Waals surface area (Å²) < 4.78 is 0. The molecule has 68 valence electrons. The normalized spacial score (nSPS) is 10.9. The van der Waals surface area contributed by atoms with E-state index in [-0.39, 0.29) is 0 Å². The molecule has 2 rings (SSSR count). The Morgan fingerprint density at radius 3 is 3.00 bits per heavy atom. The van der Waals surface area contributed by atoms with Crippen molar-refractivity contribution in [2.75, 3.05) is 6.26 Å². The van der Waals surface area contributed by atoms with Crippen LogP contribution in [0.25, 0.3) is 11.2 Å². The minimum Gasteiger partial charge on any atom is -0.338 e. The third kappa shape index (κ3) is 1.39. The molecule has 0 saturated carbocycles. The van der Waals surface area contributed by atoms with Gasteiger partial charge >= 0.3 is 0 Å². The van der Waals surface area contributed by atoms with Crippen molar-refractivity contribution < 1.29 is 0 Å². The van der Waals surface area contributed by atoms with Crippen molar-refractivity contribution in [2.24, 2.45) is 0 Å². The second-order valence-corrected chi connectivity index (χ2v) is 3.41. The van der Waals surface area contributed by atoms with Crippen LogP contribution >= 0.6 is 11.8 Å². The van der Waals surface area contributed by atoms with E-state index in [1.54, 1.807) is 18.1 Å². The van der Waals surface area contributed by atoms with Crippen molar-refractivity contribution >= 4 is 22.9 Å². The van der Waals surface area contributed by atoms with Crippen LogP contribution in [0.4, 0.5) is 0 Å². The smallest absolute Gasteiger partial charge is 0.181 e. The molecule has 0 aliphatic heterocycles. The number of aryl methyl sites for hydroxylation is 1. The Bertz CT molecular complexity index is 423. The summed E-state index contributed by atoms with van der Waals surface area (Å²) >= 11 is 1.60. The second-order valence-electron chi connectivity index (χ2n) is 2.62. The molecular formula is C8H10N4S. The number of fused-ring (bicyclic) bond motifs is 1. The Balaban J connectivity index is 2.67. The Morgan fingerprint density at radius 1 is 1.46 bits per heavy atom. The number of aromatic amines is 1. The minimum atomic E-state index is 0.760. The van der Waals surface area contributed by atoms with Crippen molar-refractivity contribution in [3.8, 4) is 0 Å². The van der Waals surface area contributed by atoms with Gasteiger partial charge in [0.15, 0.2) is 5.65 Å². The van der Waals surface area contributed by atoms with E-state index in [2.05, 4.69) is 26.9 Å². The number of H-pyrrole nitrogens is 1. The van der Waals surface area contributed by atoms with Gasteiger partial charge in [-0.25, -0.2) is 15.0 Å². The highest BCUT2D eigenvalue weighted by Crippen LogP contribution is 2.19. The van der Waals surface area contributed by atoms with Gasteiger partial charge in [0, 0.05) is 6.42 Å². The Hall–Kier alpha value is -1.10. The van der Waals surface area contributed by atoms with Crippen LogP contribution in [0.1, 0.15) is 12.7 Å². The predicted octanol–water partition coefficient (Wildman–Crippen LogP) is 1.64. The quantitative estimate of drug-likeness (QED) is 0.583. The first-order chi connectivity index (χ1) is 6.35. The summed E-state index contributed by atoms with van der Waals surface area (Å²) in [6.07, 6.45) is 4.44. The fourth-order valence-electron chi connectivity index (χ4n) is 1.18. The highest BCUT2D eigenvalue weighted by Gasteiger charge is 2.06. The molecule has 5 heteroatoms. The van der Waals surface area contributed by atoms with E-state index in [4.69, 9.17) is 0 Å². The van der Waals surface area contributed by atoms with Crippen LogP contribution in [-0.4, -0.2) is 26.2 Å². The monoisotopic (exact) mass is 194 g/mol. The summed E-state index contributed by atoms with van der Waals surface area (Å²) in [6, 6.07) is 0. The molecule has 0 fully saturated rings. The molecule has 0 bridgehead atoms. The van der Waals surface area contributed by atoms with Gasteiger partial charge in [-0.05, 0) is 6.26 Å².